The van der Waals surface area contributed by atoms with Crippen molar-refractivity contribution in [2.24, 2.45) is 14.1 Å². The molecule has 7 heteroatoms. The van der Waals surface area contributed by atoms with Gasteiger partial charge in [0.2, 0.25) is 0 Å². The largest absolute Gasteiger partial charge is 0.337 e. The molecule has 5 nitrogen and oxygen atoms in total. The fourth-order valence-corrected chi connectivity index (χ4v) is 6.95. The summed E-state index contributed by atoms with van der Waals surface area (Å²) in [4.78, 5) is 0. The lowest BCUT2D eigenvalue weighted by Crippen LogP contribution is -2.03. The zero-order valence-corrected chi connectivity index (χ0v) is 20.3. The molecule has 2 aromatic heterocycles. The van der Waals surface area contributed by atoms with Gasteiger partial charge in [0.25, 0.3) is 0 Å². The number of sulfone groups is 1. The van der Waals surface area contributed by atoms with Crippen LogP contribution < -0.4 is 0 Å². The molecule has 0 aliphatic rings. The highest BCUT2D eigenvalue weighted by Gasteiger charge is 2.18. The smallest absolute Gasteiger partial charge is 0.190 e. The molecular formula is C26H22N2O3S2. The summed E-state index contributed by atoms with van der Waals surface area (Å²) in [5.74, 6) is 0. The quantitative estimate of drug-likeness (QED) is 0.321. The van der Waals surface area contributed by atoms with Crippen molar-refractivity contribution in [1.82, 2.24) is 9.13 Å². The maximum Gasteiger partial charge on any atom is 0.190 e. The van der Waals surface area contributed by atoms with E-state index in [-0.39, 0.29) is 0 Å². The molecule has 0 radical (unpaired) electrons. The minimum Gasteiger partial charge on any atom is -0.337 e. The van der Waals surface area contributed by atoms with E-state index in [0.717, 1.165) is 59.1 Å². The number of aromatic nitrogens is 2. The van der Waals surface area contributed by atoms with Gasteiger partial charge >= 0.3 is 0 Å². The Kier molecular flexibility index (Phi) is 4.14. The van der Waals surface area contributed by atoms with Gasteiger partial charge in [-0.2, -0.15) is 0 Å². The van der Waals surface area contributed by atoms with Gasteiger partial charge in [-0.3, -0.25) is 4.21 Å². The molecule has 166 valence electrons. The zero-order chi connectivity index (χ0) is 23.2. The molecule has 33 heavy (non-hydrogen) atoms. The summed E-state index contributed by atoms with van der Waals surface area (Å²) in [6.07, 6.45) is 2.95. The van der Waals surface area contributed by atoms with Gasteiger partial charge in [-0.25, -0.2) is 8.42 Å². The van der Waals surface area contributed by atoms with E-state index in [0.29, 0.717) is 5.03 Å². The Morgan fingerprint density at radius 2 is 1.03 bits per heavy atom. The van der Waals surface area contributed by atoms with Gasteiger partial charge in [0.05, 0.1) is 10.8 Å². The molecule has 0 saturated heterocycles. The molecule has 6 aromatic rings. The van der Waals surface area contributed by atoms with Gasteiger partial charge in [0.1, 0.15) is 10.1 Å². The highest BCUT2D eigenvalue weighted by molar-refractivity contribution is 7.90. The predicted octanol–water partition coefficient (Wildman–Crippen LogP) is 5.27. The molecule has 0 N–H and O–H groups in total. The topological polar surface area (TPSA) is 61.1 Å². The number of rotatable bonds is 2. The lowest BCUT2D eigenvalue weighted by molar-refractivity contribution is 0.593. The van der Waals surface area contributed by atoms with Crippen molar-refractivity contribution < 1.29 is 12.6 Å². The van der Waals surface area contributed by atoms with Crippen molar-refractivity contribution in [2.75, 3.05) is 12.5 Å². The van der Waals surface area contributed by atoms with E-state index in [2.05, 4.69) is 42.5 Å². The van der Waals surface area contributed by atoms with Crippen molar-refractivity contribution >= 4 is 74.8 Å². The third-order valence-corrected chi connectivity index (χ3v) is 8.96. The first-order valence-electron chi connectivity index (χ1n) is 10.6. The van der Waals surface area contributed by atoms with Crippen LogP contribution in [0.4, 0.5) is 0 Å². The average molecular weight is 475 g/mol. The third kappa shape index (κ3) is 2.75. The number of fused-ring (bicyclic) bond motifs is 9. The molecule has 4 aromatic carbocycles. The summed E-state index contributed by atoms with van der Waals surface area (Å²) < 4.78 is 40.4. The van der Waals surface area contributed by atoms with E-state index in [9.17, 15) is 12.6 Å². The minimum absolute atomic E-state index is 0.319. The summed E-state index contributed by atoms with van der Waals surface area (Å²) in [6, 6.07) is 20.6. The van der Waals surface area contributed by atoms with E-state index in [4.69, 9.17) is 0 Å². The predicted molar refractivity (Wildman–Crippen MR) is 137 cm³/mol. The second-order valence-corrected chi connectivity index (χ2v) is 12.0. The Balaban J connectivity index is 1.71. The van der Waals surface area contributed by atoms with E-state index >= 15 is 0 Å². The van der Waals surface area contributed by atoms with E-state index in [1.807, 2.05) is 23.7 Å². The summed E-state index contributed by atoms with van der Waals surface area (Å²) in [5.41, 5.74) is 1.96. The Bertz CT molecular complexity index is 1940. The Morgan fingerprint density at radius 3 is 1.48 bits per heavy atom. The highest BCUT2D eigenvalue weighted by atomic mass is 32.2. The normalized spacial score (nSPS) is 13.7. The number of benzene rings is 4. The summed E-state index contributed by atoms with van der Waals surface area (Å²) in [6.45, 7) is 0. The van der Waals surface area contributed by atoms with E-state index < -0.39 is 20.6 Å². The van der Waals surface area contributed by atoms with Crippen LogP contribution in [0.5, 0.6) is 0 Å². The lowest BCUT2D eigenvalue weighted by atomic mass is 9.94. The van der Waals surface area contributed by atoms with Crippen molar-refractivity contribution in [3.05, 3.63) is 60.7 Å². The number of hydrogen-bond donors (Lipinski definition) is 0. The molecule has 0 fully saturated rings. The molecule has 0 bridgehead atoms. The van der Waals surface area contributed by atoms with Crippen molar-refractivity contribution in [1.29, 1.82) is 0 Å². The van der Waals surface area contributed by atoms with Crippen LogP contribution in [0.25, 0.3) is 54.1 Å². The van der Waals surface area contributed by atoms with E-state index in [1.165, 1.54) is 6.26 Å². The van der Waals surface area contributed by atoms with Crippen LogP contribution in [0, 0.1) is 0 Å². The van der Waals surface area contributed by atoms with Crippen molar-refractivity contribution in [3.63, 3.8) is 0 Å². The van der Waals surface area contributed by atoms with Crippen molar-refractivity contribution in [3.8, 4) is 0 Å². The lowest BCUT2D eigenvalue weighted by Gasteiger charge is -2.10. The van der Waals surface area contributed by atoms with Gasteiger partial charge in [0, 0.05) is 48.4 Å². The van der Waals surface area contributed by atoms with Gasteiger partial charge in [0.15, 0.2) is 9.84 Å². The molecule has 2 heterocycles. The average Bonchev–Trinajstić information content (AvgIpc) is 3.30. The fourth-order valence-electron chi connectivity index (χ4n) is 5.26. The first-order valence-corrected chi connectivity index (χ1v) is 14.0. The Hall–Kier alpha value is -3.16. The molecule has 0 amide bonds. The van der Waals surface area contributed by atoms with Gasteiger partial charge < -0.3 is 9.13 Å². The standard InChI is InChI=1S/C26H22N2O3S2/c1-27-23-11-9-17-15-6-8-20-18(10-12-24-22(20)14-26(28(24)2)33(4,30)31)16(15)5-7-19(17)21(23)13-25(27)32(3)29/h5-14H,1-4H3. The molecule has 0 aliphatic carbocycles. The Labute approximate surface area is 193 Å². The molecular weight excluding hydrogens is 452 g/mol. The SMILES string of the molecule is Cn1c(S(C)=O)cc2c3ccc4c(ccc5c4ccc4c5cc(S(C)(=O)=O)n4C)c3ccc21. The highest BCUT2D eigenvalue weighted by Crippen LogP contribution is 2.38. The molecule has 0 spiro atoms. The zero-order valence-electron chi connectivity index (χ0n) is 18.7. The monoisotopic (exact) mass is 474 g/mol. The van der Waals surface area contributed by atoms with Crippen LogP contribution in [0.1, 0.15) is 0 Å². The van der Waals surface area contributed by atoms with Gasteiger partial charge in [-0.15, -0.1) is 0 Å². The van der Waals surface area contributed by atoms with Gasteiger partial charge in [-0.1, -0.05) is 36.4 Å². The summed E-state index contributed by atoms with van der Waals surface area (Å²) >= 11 is 0. The number of nitrogens with zero attached hydrogens (tertiary/aromatic N) is 2. The van der Waals surface area contributed by atoms with Crippen molar-refractivity contribution in [2.45, 2.75) is 10.1 Å². The minimum atomic E-state index is -3.32. The summed E-state index contributed by atoms with van der Waals surface area (Å²) in [5, 5.41) is 9.83. The van der Waals surface area contributed by atoms with Crippen LogP contribution in [-0.4, -0.2) is 34.3 Å². The van der Waals surface area contributed by atoms with E-state index in [1.54, 1.807) is 23.9 Å². The van der Waals surface area contributed by atoms with Gasteiger partial charge in [-0.05, 0) is 56.6 Å². The Morgan fingerprint density at radius 1 is 0.636 bits per heavy atom. The number of aryl methyl sites for hydroxylation is 2. The molecule has 1 atom stereocenters. The second-order valence-electron chi connectivity index (χ2n) is 8.72. The first kappa shape index (κ1) is 20.4. The third-order valence-electron chi connectivity index (χ3n) is 6.83. The van der Waals surface area contributed by atoms with Crippen LogP contribution in [0.2, 0.25) is 0 Å². The van der Waals surface area contributed by atoms with Crippen LogP contribution in [0.15, 0.2) is 70.7 Å². The maximum absolute atomic E-state index is 12.3. The molecule has 1 unspecified atom stereocenters. The molecule has 0 saturated carbocycles. The fraction of sp³-hybridized carbons (Fsp3) is 0.154. The molecule has 6 rings (SSSR count). The second kappa shape index (κ2) is 6.68. The van der Waals surface area contributed by atoms with Crippen LogP contribution >= 0.6 is 0 Å². The molecule has 0 aliphatic heterocycles. The van der Waals surface area contributed by atoms with Crippen LogP contribution in [0.3, 0.4) is 0 Å². The van der Waals surface area contributed by atoms with Crippen LogP contribution in [-0.2, 0) is 34.7 Å². The number of hydrogen-bond acceptors (Lipinski definition) is 3. The summed E-state index contributed by atoms with van der Waals surface area (Å²) in [7, 11) is -0.641. The maximum atomic E-state index is 12.3. The first-order chi connectivity index (χ1) is 15.7.